The van der Waals surface area contributed by atoms with Crippen LogP contribution >= 0.6 is 11.3 Å². The topological polar surface area (TPSA) is 58.0 Å². The van der Waals surface area contributed by atoms with E-state index in [0.29, 0.717) is 6.54 Å². The minimum atomic E-state index is -0.580. The van der Waals surface area contributed by atoms with Crippen LogP contribution in [0.3, 0.4) is 0 Å². The summed E-state index contributed by atoms with van der Waals surface area (Å²) in [5, 5.41) is 17.0. The van der Waals surface area contributed by atoms with Crippen LogP contribution in [-0.2, 0) is 0 Å². The van der Waals surface area contributed by atoms with E-state index in [4.69, 9.17) is 0 Å². The first-order chi connectivity index (χ1) is 9.27. The van der Waals surface area contributed by atoms with Crippen LogP contribution < -0.4 is 5.32 Å². The maximum atomic E-state index is 10.6. The largest absolute Gasteiger partial charge is 0.388 e. The molecule has 19 heavy (non-hydrogen) atoms. The smallest absolute Gasteiger partial charge is 0.138 e. The van der Waals surface area contributed by atoms with Gasteiger partial charge in [0, 0.05) is 6.54 Å². The highest BCUT2D eigenvalue weighted by atomic mass is 32.1. The molecular weight excluding hydrogens is 258 g/mol. The monoisotopic (exact) mass is 277 g/mol. The molecule has 0 aromatic carbocycles. The quantitative estimate of drug-likeness (QED) is 0.846. The average Bonchev–Trinajstić information content (AvgIpc) is 2.80. The zero-order chi connectivity index (χ0) is 13.1. The third-order valence-electron chi connectivity index (χ3n) is 3.88. The van der Waals surface area contributed by atoms with Gasteiger partial charge in [0.05, 0.1) is 11.0 Å². The van der Waals surface area contributed by atoms with Crippen molar-refractivity contribution in [2.45, 2.75) is 44.1 Å². The lowest BCUT2D eigenvalue weighted by Gasteiger charge is -2.27. The molecule has 5 heteroatoms. The number of anilines is 1. The Kier molecular flexibility index (Phi) is 3.66. The Labute approximate surface area is 116 Å². The van der Waals surface area contributed by atoms with E-state index >= 15 is 0 Å². The first-order valence-corrected chi connectivity index (χ1v) is 7.79. The van der Waals surface area contributed by atoms with Crippen molar-refractivity contribution >= 4 is 27.4 Å². The lowest BCUT2D eigenvalue weighted by Crippen LogP contribution is -2.36. The van der Waals surface area contributed by atoms with E-state index in [1.807, 2.05) is 11.4 Å². The predicted octanol–water partition coefficient (Wildman–Crippen LogP) is 3.19. The predicted molar refractivity (Wildman–Crippen MR) is 78.6 cm³/mol. The Balaban J connectivity index is 1.73. The Morgan fingerprint density at radius 3 is 2.79 bits per heavy atom. The van der Waals surface area contributed by atoms with E-state index in [1.165, 1.54) is 12.8 Å². The molecular formula is C14H19N3OS. The average molecular weight is 277 g/mol. The van der Waals surface area contributed by atoms with Crippen LogP contribution in [0, 0.1) is 0 Å². The molecule has 2 aromatic heterocycles. The number of hydrogen-bond donors (Lipinski definition) is 2. The molecule has 0 atom stereocenters. The Morgan fingerprint density at radius 1 is 1.21 bits per heavy atom. The number of aromatic nitrogens is 2. The highest BCUT2D eigenvalue weighted by Crippen LogP contribution is 2.29. The molecule has 2 N–H and O–H groups in total. The second-order valence-electron chi connectivity index (χ2n) is 5.35. The second-order valence-corrected chi connectivity index (χ2v) is 6.25. The van der Waals surface area contributed by atoms with Gasteiger partial charge in [-0.3, -0.25) is 0 Å². The SMILES string of the molecule is OC1(CNc2ncnc3sccc23)CCCCCC1. The number of nitrogens with zero attached hydrogens (tertiary/aromatic N) is 2. The van der Waals surface area contributed by atoms with Gasteiger partial charge in [0.25, 0.3) is 0 Å². The van der Waals surface area contributed by atoms with Gasteiger partial charge in [0.1, 0.15) is 17.0 Å². The van der Waals surface area contributed by atoms with E-state index < -0.39 is 5.60 Å². The van der Waals surface area contributed by atoms with Gasteiger partial charge in [0.15, 0.2) is 0 Å². The van der Waals surface area contributed by atoms with Crippen LogP contribution in [0.25, 0.3) is 10.2 Å². The van der Waals surface area contributed by atoms with Crippen molar-refractivity contribution < 1.29 is 5.11 Å². The number of hydrogen-bond acceptors (Lipinski definition) is 5. The van der Waals surface area contributed by atoms with E-state index in [0.717, 1.165) is 41.7 Å². The van der Waals surface area contributed by atoms with Crippen LogP contribution in [0.5, 0.6) is 0 Å². The lowest BCUT2D eigenvalue weighted by atomic mass is 9.94. The normalized spacial score (nSPS) is 19.2. The molecule has 102 valence electrons. The van der Waals surface area contributed by atoms with Gasteiger partial charge in [-0.25, -0.2) is 9.97 Å². The van der Waals surface area contributed by atoms with Gasteiger partial charge in [0.2, 0.25) is 0 Å². The molecule has 0 aliphatic heterocycles. The molecule has 0 spiro atoms. The van der Waals surface area contributed by atoms with Gasteiger partial charge < -0.3 is 10.4 Å². The number of aliphatic hydroxyl groups is 1. The van der Waals surface area contributed by atoms with E-state index in [1.54, 1.807) is 17.7 Å². The molecule has 2 heterocycles. The number of fused-ring (bicyclic) bond motifs is 1. The number of rotatable bonds is 3. The van der Waals surface area contributed by atoms with Crippen molar-refractivity contribution in [3.8, 4) is 0 Å². The van der Waals surface area contributed by atoms with Crippen molar-refractivity contribution in [3.63, 3.8) is 0 Å². The third kappa shape index (κ3) is 2.87. The standard InChI is InChI=1S/C14H19N3OS/c18-14(6-3-1-2-4-7-14)9-15-12-11-5-8-19-13(11)17-10-16-12/h5,8,10,18H,1-4,6-7,9H2,(H,15,16,17). The van der Waals surface area contributed by atoms with E-state index in [2.05, 4.69) is 15.3 Å². The Hall–Kier alpha value is -1.20. The highest BCUT2D eigenvalue weighted by Gasteiger charge is 2.27. The highest BCUT2D eigenvalue weighted by molar-refractivity contribution is 7.16. The van der Waals surface area contributed by atoms with E-state index in [-0.39, 0.29) is 0 Å². The Morgan fingerprint density at radius 2 is 2.00 bits per heavy atom. The fraction of sp³-hybridized carbons (Fsp3) is 0.571. The summed E-state index contributed by atoms with van der Waals surface area (Å²) in [6, 6.07) is 2.03. The van der Waals surface area contributed by atoms with Crippen molar-refractivity contribution in [1.82, 2.24) is 9.97 Å². The van der Waals surface area contributed by atoms with Gasteiger partial charge in [-0.15, -0.1) is 11.3 Å². The second kappa shape index (κ2) is 5.43. The first kappa shape index (κ1) is 12.8. The van der Waals surface area contributed by atoms with E-state index in [9.17, 15) is 5.11 Å². The summed E-state index contributed by atoms with van der Waals surface area (Å²) in [4.78, 5) is 9.52. The van der Waals surface area contributed by atoms with Crippen LogP contribution in [-0.4, -0.2) is 27.2 Å². The summed E-state index contributed by atoms with van der Waals surface area (Å²) in [5.41, 5.74) is -0.580. The minimum Gasteiger partial charge on any atom is -0.388 e. The third-order valence-corrected chi connectivity index (χ3v) is 4.70. The minimum absolute atomic E-state index is 0.578. The van der Waals surface area contributed by atoms with Gasteiger partial charge in [-0.05, 0) is 24.3 Å². The summed E-state index contributed by atoms with van der Waals surface area (Å²) in [6.07, 6.45) is 8.08. The first-order valence-electron chi connectivity index (χ1n) is 6.91. The molecule has 0 radical (unpaired) electrons. The maximum absolute atomic E-state index is 10.6. The van der Waals surface area contributed by atoms with Crippen molar-refractivity contribution in [3.05, 3.63) is 17.8 Å². The van der Waals surface area contributed by atoms with Crippen molar-refractivity contribution in [2.24, 2.45) is 0 Å². The molecule has 3 rings (SSSR count). The summed E-state index contributed by atoms with van der Waals surface area (Å²) in [7, 11) is 0. The van der Waals surface area contributed by atoms with Crippen LogP contribution in [0.2, 0.25) is 0 Å². The zero-order valence-electron chi connectivity index (χ0n) is 10.9. The summed E-state index contributed by atoms with van der Waals surface area (Å²) >= 11 is 1.61. The number of nitrogens with one attached hydrogen (secondary N) is 1. The molecule has 1 aliphatic carbocycles. The zero-order valence-corrected chi connectivity index (χ0v) is 11.7. The Bertz CT molecular complexity index is 546. The van der Waals surface area contributed by atoms with Crippen molar-refractivity contribution in [2.75, 3.05) is 11.9 Å². The fourth-order valence-electron chi connectivity index (χ4n) is 2.74. The van der Waals surface area contributed by atoms with Crippen LogP contribution in [0.4, 0.5) is 5.82 Å². The number of thiophene rings is 1. The maximum Gasteiger partial charge on any atom is 0.138 e. The molecule has 0 bridgehead atoms. The molecule has 1 aliphatic rings. The molecule has 0 saturated heterocycles. The molecule has 4 nitrogen and oxygen atoms in total. The van der Waals surface area contributed by atoms with Gasteiger partial charge in [-0.1, -0.05) is 25.7 Å². The fourth-order valence-corrected chi connectivity index (χ4v) is 3.48. The van der Waals surface area contributed by atoms with Gasteiger partial charge >= 0.3 is 0 Å². The van der Waals surface area contributed by atoms with Gasteiger partial charge in [-0.2, -0.15) is 0 Å². The summed E-state index contributed by atoms with van der Waals surface area (Å²) in [6.45, 7) is 0.578. The lowest BCUT2D eigenvalue weighted by molar-refractivity contribution is 0.0381. The summed E-state index contributed by atoms with van der Waals surface area (Å²) in [5.74, 6) is 0.837. The molecule has 0 amide bonds. The molecule has 2 aromatic rings. The molecule has 0 unspecified atom stereocenters. The van der Waals surface area contributed by atoms with Crippen LogP contribution in [0.1, 0.15) is 38.5 Å². The van der Waals surface area contributed by atoms with Crippen LogP contribution in [0.15, 0.2) is 17.8 Å². The molecule has 1 saturated carbocycles. The summed E-state index contributed by atoms with van der Waals surface area (Å²) < 4.78 is 0. The van der Waals surface area contributed by atoms with Crippen molar-refractivity contribution in [1.29, 1.82) is 0 Å². The molecule has 1 fully saturated rings.